The highest BCUT2D eigenvalue weighted by atomic mass is 35.5. The maximum absolute atomic E-state index is 10.9. The molecule has 0 radical (unpaired) electrons. The van der Waals surface area contributed by atoms with Gasteiger partial charge in [0, 0.05) is 27.5 Å². The lowest BCUT2D eigenvalue weighted by Crippen LogP contribution is -2.21. The largest absolute Gasteiger partial charge is 0.480 e. The van der Waals surface area contributed by atoms with Crippen molar-refractivity contribution in [1.82, 2.24) is 10.2 Å². The number of nitrogens with one attached hydrogen (secondary N) is 2. The van der Waals surface area contributed by atoms with Crippen LogP contribution in [0.5, 0.6) is 5.88 Å². The van der Waals surface area contributed by atoms with Crippen LogP contribution in [-0.4, -0.2) is 34.3 Å². The number of ether oxygens (including phenoxy) is 1. The Morgan fingerprint density at radius 3 is 2.51 bits per heavy atom. The predicted molar refractivity (Wildman–Crippen MR) is 139 cm³/mol. The fraction of sp³-hybridized carbons (Fsp3) is 0.296. The highest BCUT2D eigenvalue weighted by Crippen LogP contribution is 2.36. The molecule has 0 bridgehead atoms. The van der Waals surface area contributed by atoms with E-state index in [1.165, 1.54) is 0 Å². The van der Waals surface area contributed by atoms with Crippen molar-refractivity contribution in [2.75, 3.05) is 11.9 Å². The molecule has 184 valence electrons. The molecule has 3 rings (SSSR count). The zero-order valence-electron chi connectivity index (χ0n) is 20.7. The lowest BCUT2D eigenvalue weighted by Gasteiger charge is -2.09. The molecule has 0 aliphatic rings. The molecule has 0 spiro atoms. The average molecular weight is 496 g/mol. The van der Waals surface area contributed by atoms with Gasteiger partial charge in [-0.15, -0.1) is 5.10 Å². The second-order valence-corrected chi connectivity index (χ2v) is 8.82. The first-order valence-corrected chi connectivity index (χ1v) is 11.4. The van der Waals surface area contributed by atoms with Crippen LogP contribution in [0.3, 0.4) is 0 Å². The van der Waals surface area contributed by atoms with Crippen molar-refractivity contribution in [1.29, 1.82) is 0 Å². The van der Waals surface area contributed by atoms with Gasteiger partial charge in [0.15, 0.2) is 0 Å². The highest BCUT2D eigenvalue weighted by Gasteiger charge is 2.23. The Morgan fingerprint density at radius 2 is 1.94 bits per heavy atom. The van der Waals surface area contributed by atoms with Gasteiger partial charge in [-0.2, -0.15) is 0 Å². The van der Waals surface area contributed by atoms with Crippen molar-refractivity contribution in [3.63, 3.8) is 0 Å². The van der Waals surface area contributed by atoms with Crippen LogP contribution in [0, 0.1) is 38.0 Å². The number of aromatic nitrogens is 2. The summed E-state index contributed by atoms with van der Waals surface area (Å²) in [6.07, 6.45) is 0.612. The molecule has 1 aromatic heterocycles. The number of H-pyrrole nitrogens is 1. The van der Waals surface area contributed by atoms with Crippen LogP contribution in [-0.2, 0) is 9.59 Å². The SMILES string of the molecule is CCOc1n[nH]c(C)c1-c1ccc(C)cc1Cl.Cc1cc(C#CC(C)(C)C(=O)O)ccc1NC=O. The summed E-state index contributed by atoms with van der Waals surface area (Å²) in [5.41, 5.74) is 5.22. The molecule has 3 aromatic rings. The number of carbonyl (C=O) groups is 2. The molecule has 0 fully saturated rings. The maximum atomic E-state index is 10.9. The van der Waals surface area contributed by atoms with E-state index >= 15 is 0 Å². The number of nitrogens with zero attached hydrogens (tertiary/aromatic N) is 1. The summed E-state index contributed by atoms with van der Waals surface area (Å²) in [5, 5.41) is 19.3. The number of amides is 1. The Kier molecular flexibility index (Phi) is 9.50. The number of rotatable bonds is 6. The lowest BCUT2D eigenvalue weighted by atomic mass is 9.94. The molecule has 1 amide bonds. The molecule has 0 atom stereocenters. The van der Waals surface area contributed by atoms with E-state index in [2.05, 4.69) is 27.4 Å². The van der Waals surface area contributed by atoms with Crippen LogP contribution in [0.2, 0.25) is 5.02 Å². The summed E-state index contributed by atoms with van der Waals surface area (Å²) in [6, 6.07) is 11.3. The first-order chi connectivity index (χ1) is 16.5. The number of hydrogen-bond acceptors (Lipinski definition) is 4. The summed E-state index contributed by atoms with van der Waals surface area (Å²) in [7, 11) is 0. The second-order valence-electron chi connectivity index (χ2n) is 8.42. The molecule has 0 saturated carbocycles. The van der Waals surface area contributed by atoms with Gasteiger partial charge in [-0.25, -0.2) is 0 Å². The predicted octanol–water partition coefficient (Wildman–Crippen LogP) is 5.77. The first-order valence-electron chi connectivity index (χ1n) is 11.0. The Labute approximate surface area is 210 Å². The number of aryl methyl sites for hydroxylation is 3. The van der Waals surface area contributed by atoms with Crippen molar-refractivity contribution in [2.24, 2.45) is 5.41 Å². The Hall–Kier alpha value is -3.76. The number of aromatic amines is 1. The molecular formula is C27H30ClN3O4. The minimum Gasteiger partial charge on any atom is -0.480 e. The van der Waals surface area contributed by atoms with Gasteiger partial charge in [0.05, 0.1) is 12.2 Å². The number of hydrogen-bond donors (Lipinski definition) is 3. The number of benzene rings is 2. The molecule has 7 nitrogen and oxygen atoms in total. The van der Waals surface area contributed by atoms with Gasteiger partial charge in [-0.05, 0) is 76.9 Å². The van der Waals surface area contributed by atoms with Crippen LogP contribution in [0.4, 0.5) is 5.69 Å². The topological polar surface area (TPSA) is 104 Å². The fourth-order valence-electron chi connectivity index (χ4n) is 3.04. The van der Waals surface area contributed by atoms with Gasteiger partial charge in [-0.3, -0.25) is 14.7 Å². The van der Waals surface area contributed by atoms with Crippen LogP contribution in [0.15, 0.2) is 36.4 Å². The summed E-state index contributed by atoms with van der Waals surface area (Å²) in [6.45, 7) is 11.4. The van der Waals surface area contributed by atoms with E-state index in [0.29, 0.717) is 24.6 Å². The molecule has 0 unspecified atom stereocenters. The fourth-order valence-corrected chi connectivity index (χ4v) is 3.37. The standard InChI is InChI=1S/C14H15NO3.C13H15ClN2O/c1-10-8-11(4-5-12(10)15-9-16)6-7-14(2,3)13(17)18;1-4-17-13-12(9(3)15-16-13)10-6-5-8(2)7-11(10)14/h4-5,8-9H,1-3H3,(H,15,16)(H,17,18);5-7H,4H2,1-3H3,(H,15,16). The highest BCUT2D eigenvalue weighted by molar-refractivity contribution is 6.33. The maximum Gasteiger partial charge on any atom is 0.321 e. The third-order valence-corrected chi connectivity index (χ3v) is 5.40. The average Bonchev–Trinajstić information content (AvgIpc) is 3.15. The first kappa shape index (κ1) is 27.5. The van der Waals surface area contributed by atoms with E-state index in [1.54, 1.807) is 32.0 Å². The molecule has 3 N–H and O–H groups in total. The van der Waals surface area contributed by atoms with Crippen molar-refractivity contribution in [2.45, 2.75) is 41.5 Å². The molecular weight excluding hydrogens is 466 g/mol. The lowest BCUT2D eigenvalue weighted by molar-refractivity contribution is -0.143. The number of anilines is 1. The number of carboxylic acids is 1. The van der Waals surface area contributed by atoms with Crippen molar-refractivity contribution in [3.05, 3.63) is 63.8 Å². The zero-order chi connectivity index (χ0) is 26.2. The molecule has 0 aliphatic carbocycles. The summed E-state index contributed by atoms with van der Waals surface area (Å²) in [5.74, 6) is 5.20. The van der Waals surface area contributed by atoms with Crippen molar-refractivity contribution < 1.29 is 19.4 Å². The molecule has 1 heterocycles. The van der Waals surface area contributed by atoms with E-state index in [0.717, 1.165) is 38.5 Å². The van der Waals surface area contributed by atoms with Gasteiger partial charge in [0.2, 0.25) is 12.3 Å². The van der Waals surface area contributed by atoms with Gasteiger partial charge < -0.3 is 15.2 Å². The van der Waals surface area contributed by atoms with Crippen LogP contribution in [0.1, 0.15) is 43.2 Å². The van der Waals surface area contributed by atoms with E-state index in [9.17, 15) is 9.59 Å². The number of carboxylic acid groups (broad SMARTS) is 1. The minimum atomic E-state index is -1.08. The quantitative estimate of drug-likeness (QED) is 0.297. The smallest absolute Gasteiger partial charge is 0.321 e. The Morgan fingerprint density at radius 1 is 1.23 bits per heavy atom. The number of aliphatic carboxylic acids is 1. The summed E-state index contributed by atoms with van der Waals surface area (Å²) >= 11 is 6.27. The molecule has 0 aliphatic heterocycles. The van der Waals surface area contributed by atoms with Crippen LogP contribution in [0.25, 0.3) is 11.1 Å². The minimum absolute atomic E-state index is 0.584. The van der Waals surface area contributed by atoms with E-state index in [4.69, 9.17) is 21.4 Å². The monoisotopic (exact) mass is 495 g/mol. The zero-order valence-corrected chi connectivity index (χ0v) is 21.5. The molecule has 2 aromatic carbocycles. The van der Waals surface area contributed by atoms with E-state index in [1.807, 2.05) is 45.9 Å². The van der Waals surface area contributed by atoms with Crippen LogP contribution >= 0.6 is 11.6 Å². The van der Waals surface area contributed by atoms with Gasteiger partial charge in [0.1, 0.15) is 5.41 Å². The van der Waals surface area contributed by atoms with Crippen LogP contribution < -0.4 is 10.1 Å². The van der Waals surface area contributed by atoms with Gasteiger partial charge in [0.25, 0.3) is 0 Å². The Balaban J connectivity index is 0.000000247. The van der Waals surface area contributed by atoms with Gasteiger partial charge in [-0.1, -0.05) is 35.6 Å². The molecule has 0 saturated heterocycles. The van der Waals surface area contributed by atoms with E-state index < -0.39 is 11.4 Å². The normalized spacial score (nSPS) is 10.4. The number of carbonyl (C=O) groups excluding carboxylic acids is 1. The van der Waals surface area contributed by atoms with Crippen molar-refractivity contribution >= 4 is 29.7 Å². The number of halogens is 1. The van der Waals surface area contributed by atoms with E-state index in [-0.39, 0.29) is 0 Å². The molecule has 8 heteroatoms. The Bertz CT molecular complexity index is 1270. The summed E-state index contributed by atoms with van der Waals surface area (Å²) in [4.78, 5) is 21.2. The third kappa shape index (κ3) is 7.36. The molecule has 35 heavy (non-hydrogen) atoms. The van der Waals surface area contributed by atoms with Gasteiger partial charge >= 0.3 is 5.97 Å². The second kappa shape index (κ2) is 12.1. The third-order valence-electron chi connectivity index (χ3n) is 5.08. The summed E-state index contributed by atoms with van der Waals surface area (Å²) < 4.78 is 5.50. The van der Waals surface area contributed by atoms with Crippen molar-refractivity contribution in [3.8, 4) is 28.8 Å².